The number of rotatable bonds is 1. The molecular formula is C11H14F3N3O. The van der Waals surface area contributed by atoms with Crippen molar-refractivity contribution in [3.05, 3.63) is 17.8 Å². The third-order valence-electron chi connectivity index (χ3n) is 3.12. The first kappa shape index (κ1) is 13.1. The average Bonchev–Trinajstić information content (AvgIpc) is 2.32. The molecule has 0 N–H and O–H groups in total. The van der Waals surface area contributed by atoms with Gasteiger partial charge in [-0.2, -0.15) is 13.2 Å². The Morgan fingerprint density at radius 2 is 2.00 bits per heavy atom. The lowest BCUT2D eigenvalue weighted by Gasteiger charge is -2.38. The van der Waals surface area contributed by atoms with Gasteiger partial charge in [0.25, 0.3) is 0 Å². The van der Waals surface area contributed by atoms with Crippen molar-refractivity contribution in [3.8, 4) is 0 Å². The maximum Gasteiger partial charge on any atom is 0.435 e. The van der Waals surface area contributed by atoms with Gasteiger partial charge in [-0.3, -0.25) is 0 Å². The Bertz CT molecular complexity index is 407. The second-order valence-corrected chi connectivity index (χ2v) is 4.28. The fourth-order valence-electron chi connectivity index (χ4n) is 1.89. The van der Waals surface area contributed by atoms with Gasteiger partial charge in [-0.1, -0.05) is 0 Å². The van der Waals surface area contributed by atoms with Crippen LogP contribution >= 0.6 is 0 Å². The van der Waals surface area contributed by atoms with E-state index in [1.165, 1.54) is 6.07 Å². The first-order valence-electron chi connectivity index (χ1n) is 5.69. The lowest BCUT2D eigenvalue weighted by Crippen LogP contribution is -2.49. The molecule has 2 heterocycles. The molecule has 1 fully saturated rings. The van der Waals surface area contributed by atoms with E-state index in [2.05, 4.69) is 10.2 Å². The van der Waals surface area contributed by atoms with Crippen LogP contribution < -0.4 is 4.90 Å². The van der Waals surface area contributed by atoms with Crippen LogP contribution in [0.3, 0.4) is 0 Å². The number of ether oxygens (including phenoxy) is 1. The molecule has 1 aliphatic heterocycles. The van der Waals surface area contributed by atoms with Gasteiger partial charge in [0.05, 0.1) is 18.8 Å². The lowest BCUT2D eigenvalue weighted by atomic mass is 10.1. The normalized spacial score (nSPS) is 25.3. The predicted molar refractivity (Wildman–Crippen MR) is 59.3 cm³/mol. The van der Waals surface area contributed by atoms with Crippen molar-refractivity contribution >= 4 is 5.82 Å². The van der Waals surface area contributed by atoms with E-state index in [1.54, 1.807) is 0 Å². The minimum Gasteiger partial charge on any atom is -0.375 e. The molecule has 1 aromatic heterocycles. The molecule has 2 atom stereocenters. The second-order valence-electron chi connectivity index (χ2n) is 4.28. The molecule has 0 radical (unpaired) electrons. The lowest BCUT2D eigenvalue weighted by molar-refractivity contribution is -0.141. The van der Waals surface area contributed by atoms with Crippen LogP contribution in [0.2, 0.25) is 0 Å². The third-order valence-corrected chi connectivity index (χ3v) is 3.12. The number of hydrogen-bond acceptors (Lipinski definition) is 4. The first-order chi connectivity index (χ1) is 8.39. The Balaban J connectivity index is 2.19. The van der Waals surface area contributed by atoms with Crippen LogP contribution in [0.15, 0.2) is 12.1 Å². The molecule has 2 unspecified atom stereocenters. The zero-order valence-corrected chi connectivity index (χ0v) is 10.1. The Hall–Kier alpha value is -1.37. The number of aromatic nitrogens is 2. The smallest absolute Gasteiger partial charge is 0.375 e. The summed E-state index contributed by atoms with van der Waals surface area (Å²) in [5.74, 6) is 0.450. The topological polar surface area (TPSA) is 38.2 Å². The largest absolute Gasteiger partial charge is 0.435 e. The number of morpholine rings is 1. The number of alkyl halides is 3. The standard InChI is InChI=1S/C11H14F3N3O/c1-7-8(2)18-6-5-17(7)10-4-3-9(15-16-10)11(12,13)14/h3-4,7-8H,5-6H2,1-2H3. The molecule has 2 rings (SSSR count). The maximum absolute atomic E-state index is 12.4. The van der Waals surface area contributed by atoms with Gasteiger partial charge in [0.2, 0.25) is 0 Å². The van der Waals surface area contributed by atoms with Crippen LogP contribution in [-0.4, -0.2) is 35.5 Å². The molecule has 0 bridgehead atoms. The Labute approximate surface area is 103 Å². The molecule has 1 aliphatic rings. The molecule has 1 saturated heterocycles. The summed E-state index contributed by atoms with van der Waals surface area (Å²) in [4.78, 5) is 1.90. The Morgan fingerprint density at radius 1 is 1.28 bits per heavy atom. The van der Waals surface area contributed by atoms with Gasteiger partial charge in [0.1, 0.15) is 0 Å². The summed E-state index contributed by atoms with van der Waals surface area (Å²) < 4.78 is 42.5. The quantitative estimate of drug-likeness (QED) is 0.776. The van der Waals surface area contributed by atoms with Gasteiger partial charge in [-0.25, -0.2) is 0 Å². The Morgan fingerprint density at radius 3 is 2.56 bits per heavy atom. The molecule has 0 amide bonds. The summed E-state index contributed by atoms with van der Waals surface area (Å²) in [7, 11) is 0. The highest BCUT2D eigenvalue weighted by atomic mass is 19.4. The maximum atomic E-state index is 12.4. The highest BCUT2D eigenvalue weighted by Gasteiger charge is 2.33. The zero-order valence-electron chi connectivity index (χ0n) is 10.1. The van der Waals surface area contributed by atoms with E-state index in [9.17, 15) is 13.2 Å². The van der Waals surface area contributed by atoms with E-state index in [-0.39, 0.29) is 12.1 Å². The van der Waals surface area contributed by atoms with Crippen molar-refractivity contribution in [2.75, 3.05) is 18.1 Å². The zero-order chi connectivity index (χ0) is 13.3. The van der Waals surface area contributed by atoms with Gasteiger partial charge in [0.15, 0.2) is 11.5 Å². The molecule has 0 aromatic carbocycles. The fraction of sp³-hybridized carbons (Fsp3) is 0.636. The second kappa shape index (κ2) is 4.72. The van der Waals surface area contributed by atoms with Crippen LogP contribution in [-0.2, 0) is 10.9 Å². The van der Waals surface area contributed by atoms with Crippen LogP contribution in [0.25, 0.3) is 0 Å². The highest BCUT2D eigenvalue weighted by molar-refractivity contribution is 5.39. The van der Waals surface area contributed by atoms with Crippen molar-refractivity contribution in [2.24, 2.45) is 0 Å². The molecule has 7 heteroatoms. The number of halogens is 3. The molecule has 0 saturated carbocycles. The van der Waals surface area contributed by atoms with Crippen molar-refractivity contribution < 1.29 is 17.9 Å². The van der Waals surface area contributed by atoms with E-state index in [0.717, 1.165) is 6.07 Å². The molecule has 4 nitrogen and oxygen atoms in total. The summed E-state index contributed by atoms with van der Waals surface area (Å²) >= 11 is 0. The molecular weight excluding hydrogens is 247 g/mol. The van der Waals surface area contributed by atoms with Gasteiger partial charge < -0.3 is 9.64 Å². The van der Waals surface area contributed by atoms with E-state index in [0.29, 0.717) is 19.0 Å². The van der Waals surface area contributed by atoms with Crippen LogP contribution in [0.1, 0.15) is 19.5 Å². The summed E-state index contributed by atoms with van der Waals surface area (Å²) in [6.45, 7) is 5.01. The minimum absolute atomic E-state index is 0.0165. The average molecular weight is 261 g/mol. The van der Waals surface area contributed by atoms with E-state index in [4.69, 9.17) is 4.74 Å². The van der Waals surface area contributed by atoms with Gasteiger partial charge in [0, 0.05) is 6.54 Å². The third kappa shape index (κ3) is 2.55. The van der Waals surface area contributed by atoms with Gasteiger partial charge >= 0.3 is 6.18 Å². The van der Waals surface area contributed by atoms with Crippen molar-refractivity contribution in [1.29, 1.82) is 0 Å². The highest BCUT2D eigenvalue weighted by Crippen LogP contribution is 2.28. The number of hydrogen-bond donors (Lipinski definition) is 0. The van der Waals surface area contributed by atoms with Crippen molar-refractivity contribution in [1.82, 2.24) is 10.2 Å². The van der Waals surface area contributed by atoms with E-state index >= 15 is 0 Å². The number of nitrogens with zero attached hydrogens (tertiary/aromatic N) is 3. The van der Waals surface area contributed by atoms with E-state index < -0.39 is 11.9 Å². The van der Waals surface area contributed by atoms with Crippen LogP contribution in [0.5, 0.6) is 0 Å². The molecule has 18 heavy (non-hydrogen) atoms. The van der Waals surface area contributed by atoms with Crippen molar-refractivity contribution in [2.45, 2.75) is 32.2 Å². The van der Waals surface area contributed by atoms with Gasteiger partial charge in [-0.05, 0) is 26.0 Å². The van der Waals surface area contributed by atoms with Gasteiger partial charge in [-0.15, -0.1) is 10.2 Å². The van der Waals surface area contributed by atoms with Crippen LogP contribution in [0, 0.1) is 0 Å². The van der Waals surface area contributed by atoms with Crippen molar-refractivity contribution in [3.63, 3.8) is 0 Å². The predicted octanol–water partition coefficient (Wildman–Crippen LogP) is 2.11. The molecule has 100 valence electrons. The fourth-order valence-corrected chi connectivity index (χ4v) is 1.89. The summed E-state index contributed by atoms with van der Waals surface area (Å²) in [6.07, 6.45) is -4.43. The monoisotopic (exact) mass is 261 g/mol. The van der Waals surface area contributed by atoms with E-state index in [1.807, 2.05) is 18.7 Å². The summed E-state index contributed by atoms with van der Waals surface area (Å²) in [6, 6.07) is 2.37. The SMILES string of the molecule is CC1OCCN(c2ccc(C(F)(F)F)nn2)C1C. The first-order valence-corrected chi connectivity index (χ1v) is 5.69. The summed E-state index contributed by atoms with van der Waals surface area (Å²) in [5, 5.41) is 6.88. The molecule has 0 spiro atoms. The Kier molecular flexibility index (Phi) is 3.43. The van der Waals surface area contributed by atoms with Crippen LogP contribution in [0.4, 0.5) is 19.0 Å². The summed E-state index contributed by atoms with van der Waals surface area (Å²) in [5.41, 5.74) is -0.972. The number of anilines is 1. The molecule has 0 aliphatic carbocycles. The minimum atomic E-state index is -4.45. The molecule has 1 aromatic rings.